The topological polar surface area (TPSA) is 56.0 Å². The molecule has 6 heteroatoms. The lowest BCUT2D eigenvalue weighted by Crippen LogP contribution is -2.22. The fourth-order valence-electron chi connectivity index (χ4n) is 4.23. The molecule has 3 heterocycles. The number of rotatable bonds is 7. The third kappa shape index (κ3) is 4.62. The first-order valence-electron chi connectivity index (χ1n) is 11.4. The third-order valence-corrected chi connectivity index (χ3v) is 5.91. The SMILES string of the molecule is Cc1cc(C)n(Cc2cc(C3=CN(CC(=O)c4ccccc4)C=CC3)nn2-c2ccccc2)n1. The second-order valence-corrected chi connectivity index (χ2v) is 8.56. The first-order valence-corrected chi connectivity index (χ1v) is 11.4. The standard InChI is InChI=1S/C28H27N5O/c1-21-16-22(2)32(29-21)19-26-17-27(30-33(26)25-13-7-4-8-14-25)24-12-9-15-31(18-24)20-28(34)23-10-5-3-6-11-23/h3-11,13-18H,12,19-20H2,1-2H3. The molecule has 2 aromatic heterocycles. The number of aryl methyl sites for hydroxylation is 2. The van der Waals surface area contributed by atoms with E-state index in [-0.39, 0.29) is 5.78 Å². The van der Waals surface area contributed by atoms with Crippen LogP contribution in [0.4, 0.5) is 0 Å². The highest BCUT2D eigenvalue weighted by Crippen LogP contribution is 2.25. The summed E-state index contributed by atoms with van der Waals surface area (Å²) in [6, 6.07) is 23.8. The second-order valence-electron chi connectivity index (χ2n) is 8.56. The number of Topliss-reactive ketones (excluding diaryl/α,β-unsaturated/α-hetero) is 1. The van der Waals surface area contributed by atoms with Crippen molar-refractivity contribution in [1.29, 1.82) is 0 Å². The number of aromatic nitrogens is 4. The van der Waals surface area contributed by atoms with Crippen LogP contribution in [-0.4, -0.2) is 36.8 Å². The highest BCUT2D eigenvalue weighted by molar-refractivity contribution is 5.97. The molecular weight excluding hydrogens is 422 g/mol. The summed E-state index contributed by atoms with van der Waals surface area (Å²) in [6.07, 6.45) is 6.85. The van der Waals surface area contributed by atoms with Gasteiger partial charge in [0.15, 0.2) is 5.78 Å². The zero-order valence-corrected chi connectivity index (χ0v) is 19.4. The van der Waals surface area contributed by atoms with Crippen LogP contribution in [0.15, 0.2) is 91.3 Å². The first-order chi connectivity index (χ1) is 16.6. The summed E-state index contributed by atoms with van der Waals surface area (Å²) in [7, 11) is 0. The van der Waals surface area contributed by atoms with Gasteiger partial charge in [-0.15, -0.1) is 0 Å². The summed E-state index contributed by atoms with van der Waals surface area (Å²) < 4.78 is 4.00. The fraction of sp³-hybridized carbons (Fsp3) is 0.179. The Balaban J connectivity index is 1.45. The predicted molar refractivity (Wildman–Crippen MR) is 134 cm³/mol. The van der Waals surface area contributed by atoms with Crippen molar-refractivity contribution in [2.24, 2.45) is 0 Å². The molecule has 6 nitrogen and oxygen atoms in total. The van der Waals surface area contributed by atoms with Gasteiger partial charge in [0.25, 0.3) is 0 Å². The molecule has 34 heavy (non-hydrogen) atoms. The highest BCUT2D eigenvalue weighted by Gasteiger charge is 2.17. The maximum Gasteiger partial charge on any atom is 0.182 e. The molecule has 0 amide bonds. The molecule has 0 fully saturated rings. The van der Waals surface area contributed by atoms with Gasteiger partial charge in [-0.2, -0.15) is 10.2 Å². The molecule has 0 aliphatic carbocycles. The summed E-state index contributed by atoms with van der Waals surface area (Å²) in [5.74, 6) is 0.0859. The molecule has 1 aliphatic rings. The van der Waals surface area contributed by atoms with Crippen LogP contribution in [-0.2, 0) is 6.54 Å². The number of para-hydroxylation sites is 1. The number of carbonyl (C=O) groups is 1. The van der Waals surface area contributed by atoms with Gasteiger partial charge in [0, 0.05) is 23.7 Å². The van der Waals surface area contributed by atoms with E-state index in [4.69, 9.17) is 5.10 Å². The van der Waals surface area contributed by atoms with Gasteiger partial charge < -0.3 is 4.90 Å². The van der Waals surface area contributed by atoms with Gasteiger partial charge in [-0.25, -0.2) is 4.68 Å². The molecular formula is C28H27N5O. The van der Waals surface area contributed by atoms with Crippen molar-refractivity contribution in [3.63, 3.8) is 0 Å². The van der Waals surface area contributed by atoms with Crippen molar-refractivity contribution < 1.29 is 4.79 Å². The Hall–Kier alpha value is -4.19. The quantitative estimate of drug-likeness (QED) is 0.365. The number of allylic oxidation sites excluding steroid dienone is 2. The molecule has 5 rings (SSSR count). The Labute approximate surface area is 199 Å². The highest BCUT2D eigenvalue weighted by atomic mass is 16.1. The summed E-state index contributed by atoms with van der Waals surface area (Å²) in [5, 5.41) is 9.61. The van der Waals surface area contributed by atoms with Gasteiger partial charge >= 0.3 is 0 Å². The van der Waals surface area contributed by atoms with Crippen LogP contribution in [0.25, 0.3) is 11.3 Å². The Morgan fingerprint density at radius 3 is 2.38 bits per heavy atom. The number of benzene rings is 2. The number of nitrogens with zero attached hydrogens (tertiary/aromatic N) is 5. The predicted octanol–water partition coefficient (Wildman–Crippen LogP) is 5.18. The Morgan fingerprint density at radius 2 is 1.68 bits per heavy atom. The van der Waals surface area contributed by atoms with Gasteiger partial charge in [-0.1, -0.05) is 54.6 Å². The minimum atomic E-state index is 0.0859. The fourth-order valence-corrected chi connectivity index (χ4v) is 4.23. The van der Waals surface area contributed by atoms with Gasteiger partial charge in [0.05, 0.1) is 35.9 Å². The minimum Gasteiger partial charge on any atom is -0.346 e. The molecule has 0 N–H and O–H groups in total. The summed E-state index contributed by atoms with van der Waals surface area (Å²) in [6.45, 7) is 5.00. The Kier molecular flexibility index (Phi) is 5.95. The van der Waals surface area contributed by atoms with E-state index in [1.54, 1.807) is 0 Å². The van der Waals surface area contributed by atoms with Gasteiger partial charge in [0.1, 0.15) is 0 Å². The molecule has 0 spiro atoms. The first kappa shape index (κ1) is 21.6. The van der Waals surface area contributed by atoms with Crippen molar-refractivity contribution >= 4 is 11.4 Å². The smallest absolute Gasteiger partial charge is 0.182 e. The van der Waals surface area contributed by atoms with Crippen LogP contribution < -0.4 is 0 Å². The van der Waals surface area contributed by atoms with Crippen LogP contribution in [0.2, 0.25) is 0 Å². The van der Waals surface area contributed by atoms with Gasteiger partial charge in [-0.3, -0.25) is 9.48 Å². The van der Waals surface area contributed by atoms with Crippen LogP contribution >= 0.6 is 0 Å². The van der Waals surface area contributed by atoms with E-state index in [1.165, 1.54) is 0 Å². The number of carbonyl (C=O) groups excluding carboxylic acids is 1. The van der Waals surface area contributed by atoms with Crippen LogP contribution in [0.1, 0.15) is 39.6 Å². The average Bonchev–Trinajstić information content (AvgIpc) is 3.42. The van der Waals surface area contributed by atoms with Crippen LogP contribution in [0.3, 0.4) is 0 Å². The van der Waals surface area contributed by atoms with Crippen molar-refractivity contribution in [2.45, 2.75) is 26.8 Å². The molecule has 170 valence electrons. The van der Waals surface area contributed by atoms with E-state index in [1.807, 2.05) is 82.1 Å². The van der Waals surface area contributed by atoms with Crippen molar-refractivity contribution in [3.05, 3.63) is 120 Å². The monoisotopic (exact) mass is 449 g/mol. The largest absolute Gasteiger partial charge is 0.346 e. The number of hydrogen-bond donors (Lipinski definition) is 0. The second kappa shape index (κ2) is 9.35. The molecule has 0 bridgehead atoms. The molecule has 0 unspecified atom stereocenters. The minimum absolute atomic E-state index is 0.0859. The van der Waals surface area contributed by atoms with E-state index < -0.39 is 0 Å². The van der Waals surface area contributed by atoms with Crippen LogP contribution in [0, 0.1) is 13.8 Å². The van der Waals surface area contributed by atoms with Gasteiger partial charge in [0.2, 0.25) is 0 Å². The molecule has 2 aromatic carbocycles. The van der Waals surface area contributed by atoms with E-state index in [2.05, 4.69) is 42.4 Å². The summed E-state index contributed by atoms with van der Waals surface area (Å²) >= 11 is 0. The van der Waals surface area contributed by atoms with Crippen molar-refractivity contribution in [1.82, 2.24) is 24.5 Å². The maximum absolute atomic E-state index is 12.7. The van der Waals surface area contributed by atoms with Crippen LogP contribution in [0.5, 0.6) is 0 Å². The molecule has 4 aromatic rings. The Bertz CT molecular complexity index is 1360. The zero-order valence-electron chi connectivity index (χ0n) is 19.4. The van der Waals surface area contributed by atoms with E-state index >= 15 is 0 Å². The molecule has 0 saturated heterocycles. The summed E-state index contributed by atoms with van der Waals surface area (Å²) in [4.78, 5) is 14.6. The zero-order chi connectivity index (χ0) is 23.5. The lowest BCUT2D eigenvalue weighted by molar-refractivity contribution is 0.0969. The third-order valence-electron chi connectivity index (χ3n) is 5.91. The number of ketones is 1. The number of hydrogen-bond acceptors (Lipinski definition) is 4. The maximum atomic E-state index is 12.7. The molecule has 0 radical (unpaired) electrons. The van der Waals surface area contributed by atoms with E-state index in [0.717, 1.165) is 46.0 Å². The van der Waals surface area contributed by atoms with E-state index in [9.17, 15) is 4.79 Å². The van der Waals surface area contributed by atoms with Crippen molar-refractivity contribution in [3.8, 4) is 5.69 Å². The molecule has 0 saturated carbocycles. The van der Waals surface area contributed by atoms with Gasteiger partial charge in [-0.05, 0) is 50.1 Å². The van der Waals surface area contributed by atoms with E-state index in [0.29, 0.717) is 13.1 Å². The molecule has 0 atom stereocenters. The molecule has 1 aliphatic heterocycles. The Morgan fingerprint density at radius 1 is 0.941 bits per heavy atom. The van der Waals surface area contributed by atoms with Crippen molar-refractivity contribution in [2.75, 3.05) is 6.54 Å². The average molecular weight is 450 g/mol. The lowest BCUT2D eigenvalue weighted by atomic mass is 10.1. The lowest BCUT2D eigenvalue weighted by Gasteiger charge is -2.20. The summed E-state index contributed by atoms with van der Waals surface area (Å²) in [5.41, 5.74) is 6.88. The normalized spacial score (nSPS) is 13.2.